The summed E-state index contributed by atoms with van der Waals surface area (Å²) in [7, 11) is 1.97. The van der Waals surface area contributed by atoms with E-state index in [0.29, 0.717) is 36.8 Å². The van der Waals surface area contributed by atoms with Gasteiger partial charge in [-0.25, -0.2) is 14.4 Å². The summed E-state index contributed by atoms with van der Waals surface area (Å²) in [5, 5.41) is -0.0440. The largest absolute Gasteiger partial charge is 0.384 e. The molecule has 1 aliphatic heterocycles. The number of hydrogen-bond acceptors (Lipinski definition) is 5. The summed E-state index contributed by atoms with van der Waals surface area (Å²) in [6.07, 6.45) is 2.48. The highest BCUT2D eigenvalue weighted by Gasteiger charge is 2.30. The van der Waals surface area contributed by atoms with E-state index in [1.165, 1.54) is 18.2 Å². The molecule has 1 atom stereocenters. The van der Waals surface area contributed by atoms with Crippen LogP contribution in [0.15, 0.2) is 30.5 Å². The van der Waals surface area contributed by atoms with Crippen molar-refractivity contribution >= 4 is 23.3 Å². The first-order valence-corrected chi connectivity index (χ1v) is 8.34. The van der Waals surface area contributed by atoms with Gasteiger partial charge in [0, 0.05) is 30.9 Å². The van der Waals surface area contributed by atoms with E-state index >= 15 is 0 Å². The highest BCUT2D eigenvalue weighted by atomic mass is 35.5. The molecule has 0 radical (unpaired) electrons. The van der Waals surface area contributed by atoms with Gasteiger partial charge in [-0.1, -0.05) is 11.6 Å². The second-order valence-electron chi connectivity index (χ2n) is 6.14. The van der Waals surface area contributed by atoms with E-state index in [1.54, 1.807) is 17.2 Å². The van der Waals surface area contributed by atoms with E-state index in [1.807, 2.05) is 7.05 Å². The first kappa shape index (κ1) is 17.6. The van der Waals surface area contributed by atoms with Crippen LogP contribution in [-0.2, 0) is 6.54 Å². The van der Waals surface area contributed by atoms with Crippen molar-refractivity contribution in [3.05, 3.63) is 52.7 Å². The summed E-state index contributed by atoms with van der Waals surface area (Å²) < 4.78 is 13.3. The lowest BCUT2D eigenvalue weighted by Crippen LogP contribution is -2.36. The smallest absolute Gasteiger partial charge is 0.253 e. The van der Waals surface area contributed by atoms with Crippen LogP contribution in [0.2, 0.25) is 5.02 Å². The number of likely N-dealkylation sites (N-methyl/N-ethyl adjacent to an activating group) is 1. The maximum absolute atomic E-state index is 13.3. The minimum Gasteiger partial charge on any atom is -0.384 e. The molecular formula is C17H19ClFN5O. The van der Waals surface area contributed by atoms with Crippen molar-refractivity contribution in [3.63, 3.8) is 0 Å². The van der Waals surface area contributed by atoms with E-state index in [2.05, 4.69) is 14.9 Å². The van der Waals surface area contributed by atoms with Crippen LogP contribution in [-0.4, -0.2) is 51.9 Å². The zero-order valence-electron chi connectivity index (χ0n) is 13.8. The standard InChI is InChI=1S/C17H19ClFN5O/c1-23(10-16-21-6-4-15(20)22-16)12-5-7-24(9-12)17(25)11-2-3-14(19)13(18)8-11/h2-4,6,8,12H,5,7,9-10H2,1H3,(H2,20,21,22). The predicted molar refractivity (Wildman–Crippen MR) is 93.6 cm³/mol. The molecule has 1 aromatic carbocycles. The van der Waals surface area contributed by atoms with Crippen LogP contribution in [0.25, 0.3) is 0 Å². The highest BCUT2D eigenvalue weighted by Crippen LogP contribution is 2.21. The normalized spacial score (nSPS) is 17.3. The second kappa shape index (κ2) is 7.33. The third-order valence-corrected chi connectivity index (χ3v) is 4.65. The van der Waals surface area contributed by atoms with Gasteiger partial charge >= 0.3 is 0 Å². The second-order valence-corrected chi connectivity index (χ2v) is 6.54. The quantitative estimate of drug-likeness (QED) is 0.901. The van der Waals surface area contributed by atoms with Crippen LogP contribution in [0.1, 0.15) is 22.6 Å². The fraction of sp³-hybridized carbons (Fsp3) is 0.353. The van der Waals surface area contributed by atoms with Gasteiger partial charge in [0.25, 0.3) is 5.91 Å². The molecule has 2 aromatic rings. The predicted octanol–water partition coefficient (Wildman–Crippen LogP) is 2.20. The Morgan fingerprint density at radius 2 is 2.28 bits per heavy atom. The van der Waals surface area contributed by atoms with Gasteiger partial charge in [-0.2, -0.15) is 0 Å². The van der Waals surface area contributed by atoms with Crippen molar-refractivity contribution < 1.29 is 9.18 Å². The Bertz CT molecular complexity index is 787. The number of nitrogen functional groups attached to an aromatic ring is 1. The molecule has 3 rings (SSSR count). The molecule has 6 nitrogen and oxygen atoms in total. The molecular weight excluding hydrogens is 345 g/mol. The average Bonchev–Trinajstić information content (AvgIpc) is 3.07. The summed E-state index contributed by atoms with van der Waals surface area (Å²) in [6, 6.07) is 5.89. The molecule has 0 saturated carbocycles. The number of nitrogens with zero attached hydrogens (tertiary/aromatic N) is 4. The molecule has 0 bridgehead atoms. The maximum Gasteiger partial charge on any atom is 0.253 e. The van der Waals surface area contributed by atoms with Crippen molar-refractivity contribution in [2.75, 3.05) is 25.9 Å². The van der Waals surface area contributed by atoms with Crippen LogP contribution in [0.3, 0.4) is 0 Å². The molecule has 132 valence electrons. The summed E-state index contributed by atoms with van der Waals surface area (Å²) >= 11 is 5.77. The number of hydrogen-bond donors (Lipinski definition) is 1. The number of anilines is 1. The molecule has 1 unspecified atom stereocenters. The zero-order valence-corrected chi connectivity index (χ0v) is 14.6. The fourth-order valence-corrected chi connectivity index (χ4v) is 3.12. The van der Waals surface area contributed by atoms with Gasteiger partial charge in [-0.3, -0.25) is 9.69 Å². The van der Waals surface area contributed by atoms with Gasteiger partial charge in [0.2, 0.25) is 0 Å². The number of benzene rings is 1. The fourth-order valence-electron chi connectivity index (χ4n) is 2.94. The van der Waals surface area contributed by atoms with Crippen LogP contribution >= 0.6 is 11.6 Å². The van der Waals surface area contributed by atoms with Crippen molar-refractivity contribution in [1.29, 1.82) is 0 Å². The molecule has 0 spiro atoms. The molecule has 8 heteroatoms. The molecule has 1 aliphatic rings. The van der Waals surface area contributed by atoms with Gasteiger partial charge in [0.1, 0.15) is 17.5 Å². The minimum absolute atomic E-state index is 0.0440. The number of nitrogens with two attached hydrogens (primary N) is 1. The molecule has 25 heavy (non-hydrogen) atoms. The Morgan fingerprint density at radius 1 is 1.48 bits per heavy atom. The lowest BCUT2D eigenvalue weighted by molar-refractivity contribution is 0.0779. The Balaban J connectivity index is 1.62. The number of rotatable bonds is 4. The van der Waals surface area contributed by atoms with E-state index in [4.69, 9.17) is 17.3 Å². The third kappa shape index (κ3) is 4.05. The molecule has 1 saturated heterocycles. The lowest BCUT2D eigenvalue weighted by Gasteiger charge is -2.24. The molecule has 1 fully saturated rings. The van der Waals surface area contributed by atoms with Crippen LogP contribution in [0.5, 0.6) is 0 Å². The topological polar surface area (TPSA) is 75.4 Å². The molecule has 1 amide bonds. The first-order valence-electron chi connectivity index (χ1n) is 7.96. The number of amides is 1. The maximum atomic E-state index is 13.3. The Labute approximate surface area is 150 Å². The first-order chi connectivity index (χ1) is 11.9. The van der Waals surface area contributed by atoms with Gasteiger partial charge in [0.05, 0.1) is 11.6 Å². The average molecular weight is 364 g/mol. The molecule has 0 aliphatic carbocycles. The number of carbonyl (C=O) groups is 1. The van der Waals surface area contributed by atoms with Crippen LogP contribution < -0.4 is 5.73 Å². The summed E-state index contributed by atoms with van der Waals surface area (Å²) in [4.78, 5) is 24.8. The summed E-state index contributed by atoms with van der Waals surface area (Å²) in [5.41, 5.74) is 6.07. The van der Waals surface area contributed by atoms with Crippen molar-refractivity contribution in [2.45, 2.75) is 19.0 Å². The summed E-state index contributed by atoms with van der Waals surface area (Å²) in [5.74, 6) is 0.421. The van der Waals surface area contributed by atoms with Crippen molar-refractivity contribution in [1.82, 2.24) is 19.8 Å². The number of likely N-dealkylation sites (tertiary alicyclic amines) is 1. The molecule has 1 aromatic heterocycles. The third-order valence-electron chi connectivity index (χ3n) is 4.36. The van der Waals surface area contributed by atoms with Gasteiger partial charge in [-0.15, -0.1) is 0 Å². The van der Waals surface area contributed by atoms with Crippen molar-refractivity contribution in [2.24, 2.45) is 0 Å². The number of carbonyl (C=O) groups excluding carboxylic acids is 1. The lowest BCUT2D eigenvalue weighted by atomic mass is 10.2. The minimum atomic E-state index is -0.528. The molecule has 2 heterocycles. The van der Waals surface area contributed by atoms with E-state index < -0.39 is 5.82 Å². The van der Waals surface area contributed by atoms with E-state index in [-0.39, 0.29) is 17.0 Å². The Kier molecular flexibility index (Phi) is 5.15. The monoisotopic (exact) mass is 363 g/mol. The SMILES string of the molecule is CN(Cc1nccc(N)n1)C1CCN(C(=O)c2ccc(F)c(Cl)c2)C1. The van der Waals surface area contributed by atoms with Gasteiger partial charge in [-0.05, 0) is 37.7 Å². The van der Waals surface area contributed by atoms with Crippen molar-refractivity contribution in [3.8, 4) is 0 Å². The highest BCUT2D eigenvalue weighted by molar-refractivity contribution is 6.31. The Hall–Kier alpha value is -2.25. The Morgan fingerprint density at radius 3 is 3.00 bits per heavy atom. The zero-order chi connectivity index (χ0) is 18.0. The van der Waals surface area contributed by atoms with E-state index in [9.17, 15) is 9.18 Å². The van der Waals surface area contributed by atoms with E-state index in [0.717, 1.165) is 6.42 Å². The van der Waals surface area contributed by atoms with Crippen LogP contribution in [0, 0.1) is 5.82 Å². The van der Waals surface area contributed by atoms with Gasteiger partial charge < -0.3 is 10.6 Å². The molecule has 2 N–H and O–H groups in total. The number of halogens is 2. The van der Waals surface area contributed by atoms with Crippen LogP contribution in [0.4, 0.5) is 10.2 Å². The van der Waals surface area contributed by atoms with Gasteiger partial charge in [0.15, 0.2) is 0 Å². The summed E-state index contributed by atoms with van der Waals surface area (Å²) in [6.45, 7) is 1.79. The number of aromatic nitrogens is 2.